The first-order chi connectivity index (χ1) is 8.83. The van der Waals surface area contributed by atoms with Gasteiger partial charge in [0, 0.05) is 25.1 Å². The minimum absolute atomic E-state index is 0.626. The van der Waals surface area contributed by atoms with Crippen molar-refractivity contribution in [2.24, 2.45) is 0 Å². The van der Waals surface area contributed by atoms with Gasteiger partial charge in [0.2, 0.25) is 0 Å². The first kappa shape index (κ1) is 16.1. The van der Waals surface area contributed by atoms with Gasteiger partial charge in [0.05, 0.1) is 36.8 Å². The molecule has 0 atom stereocenters. The van der Waals surface area contributed by atoms with Crippen LogP contribution in [0, 0.1) is 0 Å². The van der Waals surface area contributed by atoms with Crippen molar-refractivity contribution in [2.45, 2.75) is 6.54 Å². The van der Waals surface area contributed by atoms with E-state index < -0.39 is 0 Å². The zero-order valence-corrected chi connectivity index (χ0v) is 13.0. The number of ether oxygens (including phenoxy) is 3. The standard InChI is InChI=1S/C12H20BrNO3S/c1-15-6-7-17-9-8-16-5-4-14-10-11-2-3-12(13)18-11/h2-3,14H,4-10H2,1H3. The van der Waals surface area contributed by atoms with Crippen LogP contribution in [0.25, 0.3) is 0 Å². The summed E-state index contributed by atoms with van der Waals surface area (Å²) in [6.07, 6.45) is 0. The Bertz CT molecular complexity index is 309. The molecule has 0 aliphatic rings. The van der Waals surface area contributed by atoms with Crippen LogP contribution in [0.5, 0.6) is 0 Å². The Balaban J connectivity index is 1.81. The van der Waals surface area contributed by atoms with E-state index in [4.69, 9.17) is 14.2 Å². The van der Waals surface area contributed by atoms with Crippen LogP contribution in [0.3, 0.4) is 0 Å². The fraction of sp³-hybridized carbons (Fsp3) is 0.667. The van der Waals surface area contributed by atoms with Crippen molar-refractivity contribution < 1.29 is 14.2 Å². The lowest BCUT2D eigenvalue weighted by atomic mass is 10.4. The summed E-state index contributed by atoms with van der Waals surface area (Å²) in [5.74, 6) is 0. The highest BCUT2D eigenvalue weighted by Crippen LogP contribution is 2.21. The van der Waals surface area contributed by atoms with Crippen LogP contribution in [0.4, 0.5) is 0 Å². The van der Waals surface area contributed by atoms with Crippen molar-refractivity contribution in [3.63, 3.8) is 0 Å². The predicted octanol–water partition coefficient (Wildman–Crippen LogP) is 2.28. The minimum Gasteiger partial charge on any atom is -0.382 e. The van der Waals surface area contributed by atoms with Crippen LogP contribution in [0.15, 0.2) is 15.9 Å². The summed E-state index contributed by atoms with van der Waals surface area (Å²) in [6, 6.07) is 4.18. The highest BCUT2D eigenvalue weighted by atomic mass is 79.9. The molecule has 0 unspecified atom stereocenters. The molecule has 18 heavy (non-hydrogen) atoms. The van der Waals surface area contributed by atoms with E-state index in [0.29, 0.717) is 33.0 Å². The Kier molecular flexibility index (Phi) is 9.73. The first-order valence-electron chi connectivity index (χ1n) is 5.92. The van der Waals surface area contributed by atoms with Gasteiger partial charge in [-0.2, -0.15) is 0 Å². The third-order valence-electron chi connectivity index (χ3n) is 2.16. The van der Waals surface area contributed by atoms with Crippen molar-refractivity contribution in [1.29, 1.82) is 0 Å². The first-order valence-corrected chi connectivity index (χ1v) is 7.53. The van der Waals surface area contributed by atoms with E-state index in [1.807, 2.05) is 0 Å². The molecule has 1 aromatic heterocycles. The van der Waals surface area contributed by atoms with E-state index in [-0.39, 0.29) is 0 Å². The van der Waals surface area contributed by atoms with Gasteiger partial charge in [0.1, 0.15) is 0 Å². The summed E-state index contributed by atoms with van der Waals surface area (Å²) in [5, 5.41) is 3.33. The van der Waals surface area contributed by atoms with Crippen molar-refractivity contribution in [1.82, 2.24) is 5.32 Å². The number of thiophene rings is 1. The molecule has 104 valence electrons. The summed E-state index contributed by atoms with van der Waals surface area (Å²) < 4.78 is 16.7. The number of hydrogen-bond acceptors (Lipinski definition) is 5. The van der Waals surface area contributed by atoms with Gasteiger partial charge >= 0.3 is 0 Å². The van der Waals surface area contributed by atoms with Crippen LogP contribution in [-0.4, -0.2) is 46.7 Å². The maximum atomic E-state index is 5.42. The summed E-state index contributed by atoms with van der Waals surface area (Å²) in [7, 11) is 1.66. The van der Waals surface area contributed by atoms with Crippen LogP contribution in [-0.2, 0) is 20.8 Å². The molecule has 0 saturated carbocycles. The number of hydrogen-bond donors (Lipinski definition) is 1. The molecule has 0 bridgehead atoms. The fourth-order valence-electron chi connectivity index (χ4n) is 1.27. The smallest absolute Gasteiger partial charge is 0.0701 e. The second kappa shape index (κ2) is 10.9. The Morgan fingerprint density at radius 2 is 1.83 bits per heavy atom. The molecule has 0 aromatic carbocycles. The molecule has 6 heteroatoms. The van der Waals surface area contributed by atoms with Gasteiger partial charge in [-0.25, -0.2) is 0 Å². The fourth-order valence-corrected chi connectivity index (χ4v) is 2.72. The second-order valence-corrected chi connectivity index (χ2v) is 6.15. The zero-order valence-electron chi connectivity index (χ0n) is 10.6. The molecule has 0 aliphatic heterocycles. The Morgan fingerprint density at radius 3 is 2.50 bits per heavy atom. The largest absolute Gasteiger partial charge is 0.382 e. The van der Waals surface area contributed by atoms with E-state index in [9.17, 15) is 0 Å². The molecule has 0 saturated heterocycles. The molecule has 1 N–H and O–H groups in total. The van der Waals surface area contributed by atoms with Gasteiger partial charge < -0.3 is 19.5 Å². The predicted molar refractivity (Wildman–Crippen MR) is 77.2 cm³/mol. The Labute approximate surface area is 121 Å². The lowest BCUT2D eigenvalue weighted by molar-refractivity contribution is 0.0255. The zero-order chi connectivity index (χ0) is 13.1. The number of methoxy groups -OCH3 is 1. The molecule has 1 aromatic rings. The van der Waals surface area contributed by atoms with Gasteiger partial charge in [-0.1, -0.05) is 0 Å². The highest BCUT2D eigenvalue weighted by Gasteiger charge is 1.96. The average Bonchev–Trinajstić information content (AvgIpc) is 2.77. The van der Waals surface area contributed by atoms with Crippen LogP contribution < -0.4 is 5.32 Å². The summed E-state index contributed by atoms with van der Waals surface area (Å²) >= 11 is 5.19. The lowest BCUT2D eigenvalue weighted by Crippen LogP contribution is -2.20. The SMILES string of the molecule is COCCOCCOCCNCc1ccc(Br)s1. The van der Waals surface area contributed by atoms with E-state index in [1.165, 1.54) is 8.66 Å². The minimum atomic E-state index is 0.626. The van der Waals surface area contributed by atoms with E-state index >= 15 is 0 Å². The van der Waals surface area contributed by atoms with Crippen molar-refractivity contribution in [3.8, 4) is 0 Å². The van der Waals surface area contributed by atoms with E-state index in [2.05, 4.69) is 33.4 Å². The maximum Gasteiger partial charge on any atom is 0.0701 e. The molecular formula is C12H20BrNO3S. The molecule has 0 radical (unpaired) electrons. The molecule has 0 fully saturated rings. The molecule has 1 rings (SSSR count). The van der Waals surface area contributed by atoms with E-state index in [0.717, 1.165) is 13.1 Å². The quantitative estimate of drug-likeness (QED) is 0.629. The maximum absolute atomic E-state index is 5.42. The summed E-state index contributed by atoms with van der Waals surface area (Å²) in [6.45, 7) is 4.98. The van der Waals surface area contributed by atoms with Gasteiger partial charge in [-0.3, -0.25) is 0 Å². The van der Waals surface area contributed by atoms with Gasteiger partial charge in [-0.05, 0) is 28.1 Å². The number of nitrogens with one attached hydrogen (secondary N) is 1. The molecule has 4 nitrogen and oxygen atoms in total. The van der Waals surface area contributed by atoms with Gasteiger partial charge in [-0.15, -0.1) is 11.3 Å². The van der Waals surface area contributed by atoms with E-state index in [1.54, 1.807) is 18.4 Å². The number of rotatable bonds is 11. The van der Waals surface area contributed by atoms with Crippen LogP contribution >= 0.6 is 27.3 Å². The third kappa shape index (κ3) is 8.18. The number of halogens is 1. The van der Waals surface area contributed by atoms with Gasteiger partial charge in [0.15, 0.2) is 0 Å². The Hall–Kier alpha value is 0.0200. The van der Waals surface area contributed by atoms with Crippen molar-refractivity contribution in [2.75, 3.05) is 46.7 Å². The monoisotopic (exact) mass is 337 g/mol. The van der Waals surface area contributed by atoms with Crippen LogP contribution in [0.1, 0.15) is 4.88 Å². The topological polar surface area (TPSA) is 39.7 Å². The molecular weight excluding hydrogens is 318 g/mol. The van der Waals surface area contributed by atoms with Crippen LogP contribution in [0.2, 0.25) is 0 Å². The molecule has 0 amide bonds. The molecule has 1 heterocycles. The van der Waals surface area contributed by atoms with Crippen molar-refractivity contribution >= 4 is 27.3 Å². The Morgan fingerprint density at radius 1 is 1.11 bits per heavy atom. The average molecular weight is 338 g/mol. The summed E-state index contributed by atoms with van der Waals surface area (Å²) in [5.41, 5.74) is 0. The lowest BCUT2D eigenvalue weighted by Gasteiger charge is -2.06. The molecule has 0 spiro atoms. The summed E-state index contributed by atoms with van der Waals surface area (Å²) in [4.78, 5) is 1.32. The normalized spacial score (nSPS) is 11.0. The molecule has 0 aliphatic carbocycles. The van der Waals surface area contributed by atoms with Crippen molar-refractivity contribution in [3.05, 3.63) is 20.8 Å². The third-order valence-corrected chi connectivity index (χ3v) is 3.78. The van der Waals surface area contributed by atoms with Gasteiger partial charge in [0.25, 0.3) is 0 Å². The second-order valence-electron chi connectivity index (χ2n) is 3.60. The highest BCUT2D eigenvalue weighted by molar-refractivity contribution is 9.11.